The lowest BCUT2D eigenvalue weighted by atomic mass is 10.0. The molecular formula is C50H90NO8P. The van der Waals surface area contributed by atoms with Crippen LogP contribution in [0, 0.1) is 0 Å². The van der Waals surface area contributed by atoms with E-state index < -0.39 is 32.5 Å². The van der Waals surface area contributed by atoms with Crippen molar-refractivity contribution in [3.05, 3.63) is 60.8 Å². The SMILES string of the molecule is CC/C=C\C/C=C\C/C=C\C/C=C\C/C=C\CCCCCCCCCCCCCCCC(=O)OC(COC(=O)CCCCCCCCC)COP(=O)([O-])OCC[N+](C)(C)C. The summed E-state index contributed by atoms with van der Waals surface area (Å²) in [5.41, 5.74) is 0. The number of allylic oxidation sites excluding steroid dienone is 10. The van der Waals surface area contributed by atoms with E-state index in [1.807, 2.05) is 21.1 Å². The number of carbonyl (C=O) groups excluding carboxylic acids is 2. The molecule has 0 spiro atoms. The van der Waals surface area contributed by atoms with Gasteiger partial charge in [0.2, 0.25) is 0 Å². The number of phosphoric ester groups is 1. The fourth-order valence-electron chi connectivity index (χ4n) is 6.33. The van der Waals surface area contributed by atoms with Crippen molar-refractivity contribution in [2.45, 2.75) is 200 Å². The predicted octanol–water partition coefficient (Wildman–Crippen LogP) is 13.4. The number of nitrogens with zero attached hydrogens (tertiary/aromatic N) is 1. The quantitative estimate of drug-likeness (QED) is 0.0196. The summed E-state index contributed by atoms with van der Waals surface area (Å²) < 4.78 is 33.8. The van der Waals surface area contributed by atoms with Gasteiger partial charge in [-0.3, -0.25) is 14.2 Å². The maximum absolute atomic E-state index is 12.7. The maximum atomic E-state index is 12.7. The van der Waals surface area contributed by atoms with Crippen LogP contribution in [0.3, 0.4) is 0 Å². The second-order valence-corrected chi connectivity index (χ2v) is 18.5. The van der Waals surface area contributed by atoms with Gasteiger partial charge in [0.05, 0.1) is 27.7 Å². The van der Waals surface area contributed by atoms with E-state index in [4.69, 9.17) is 18.5 Å². The highest BCUT2D eigenvalue weighted by Gasteiger charge is 2.21. The third kappa shape index (κ3) is 45.2. The maximum Gasteiger partial charge on any atom is 0.306 e. The van der Waals surface area contributed by atoms with E-state index >= 15 is 0 Å². The second kappa shape index (κ2) is 42.0. The number of phosphoric acid groups is 1. The summed E-state index contributed by atoms with van der Waals surface area (Å²) in [6, 6.07) is 0. The summed E-state index contributed by atoms with van der Waals surface area (Å²) in [6.45, 7) is 4.06. The highest BCUT2D eigenvalue weighted by molar-refractivity contribution is 7.45. The van der Waals surface area contributed by atoms with Gasteiger partial charge in [0.25, 0.3) is 7.82 Å². The van der Waals surface area contributed by atoms with Crippen LogP contribution in [0.15, 0.2) is 60.8 Å². The number of hydrogen-bond acceptors (Lipinski definition) is 8. The van der Waals surface area contributed by atoms with Gasteiger partial charge in [0, 0.05) is 12.8 Å². The molecule has 10 heteroatoms. The molecule has 0 fully saturated rings. The van der Waals surface area contributed by atoms with Gasteiger partial charge < -0.3 is 27.9 Å². The first-order valence-corrected chi connectivity index (χ1v) is 25.5. The summed E-state index contributed by atoms with van der Waals surface area (Å²) >= 11 is 0. The van der Waals surface area contributed by atoms with E-state index in [2.05, 4.69) is 74.6 Å². The zero-order chi connectivity index (χ0) is 44.3. The molecule has 0 aromatic rings. The van der Waals surface area contributed by atoms with E-state index in [1.165, 1.54) is 89.9 Å². The molecule has 0 aromatic carbocycles. The first-order chi connectivity index (χ1) is 29.0. The number of ether oxygens (including phenoxy) is 2. The fraction of sp³-hybridized carbons (Fsp3) is 0.760. The number of likely N-dealkylation sites (N-methyl/N-ethyl adjacent to an activating group) is 1. The molecule has 0 bridgehead atoms. The number of quaternary nitrogens is 1. The Labute approximate surface area is 368 Å². The highest BCUT2D eigenvalue weighted by atomic mass is 31.2. The number of esters is 2. The van der Waals surface area contributed by atoms with Gasteiger partial charge in [-0.05, 0) is 57.8 Å². The Morgan fingerprint density at radius 3 is 1.42 bits per heavy atom. The molecule has 0 radical (unpaired) electrons. The van der Waals surface area contributed by atoms with Crippen LogP contribution in [0.5, 0.6) is 0 Å². The van der Waals surface area contributed by atoms with Crippen LogP contribution < -0.4 is 4.89 Å². The molecule has 0 aliphatic rings. The molecule has 348 valence electrons. The van der Waals surface area contributed by atoms with Gasteiger partial charge in [-0.15, -0.1) is 0 Å². The third-order valence-corrected chi connectivity index (χ3v) is 11.0. The average Bonchev–Trinajstić information content (AvgIpc) is 3.20. The molecule has 0 rings (SSSR count). The number of unbranched alkanes of at least 4 members (excludes halogenated alkanes) is 19. The Morgan fingerprint density at radius 2 is 0.950 bits per heavy atom. The minimum atomic E-state index is -4.62. The Hall–Kier alpha value is -2.29. The summed E-state index contributed by atoms with van der Waals surface area (Å²) in [6.07, 6.45) is 51.4. The van der Waals surface area contributed by atoms with Gasteiger partial charge in [0.1, 0.15) is 19.8 Å². The van der Waals surface area contributed by atoms with Gasteiger partial charge >= 0.3 is 11.9 Å². The summed E-state index contributed by atoms with van der Waals surface area (Å²) in [4.78, 5) is 37.4. The first kappa shape index (κ1) is 57.7. The number of rotatable bonds is 43. The van der Waals surface area contributed by atoms with Crippen LogP contribution >= 0.6 is 7.82 Å². The standard InChI is InChI=1S/C50H90NO8P/c1-6-8-10-12-14-15-16-17-18-19-20-21-22-23-24-25-26-27-28-29-30-31-32-33-34-35-37-39-41-43-50(53)59-48(47-58-60(54,55)57-45-44-51(3,4)5)46-56-49(52)42-40-38-36-13-11-9-7-2/h8,10,14-15,17-18,20-21,23-24,48H,6-7,9,11-13,16,19,22,25-47H2,1-5H3/b10-8-,15-14-,18-17-,21-20-,24-23-. The Morgan fingerprint density at radius 1 is 0.533 bits per heavy atom. The van der Waals surface area contributed by atoms with E-state index in [1.54, 1.807) is 0 Å². The van der Waals surface area contributed by atoms with Crippen molar-refractivity contribution in [3.63, 3.8) is 0 Å². The van der Waals surface area contributed by atoms with Gasteiger partial charge in [-0.1, -0.05) is 184 Å². The van der Waals surface area contributed by atoms with Crippen molar-refractivity contribution in [1.29, 1.82) is 0 Å². The Bertz CT molecular complexity index is 1210. The molecule has 0 amide bonds. The summed E-state index contributed by atoms with van der Waals surface area (Å²) in [5, 5.41) is 0. The number of hydrogen-bond donors (Lipinski definition) is 0. The first-order valence-electron chi connectivity index (χ1n) is 24.0. The lowest BCUT2D eigenvalue weighted by Crippen LogP contribution is -2.37. The van der Waals surface area contributed by atoms with Crippen LogP contribution in [0.4, 0.5) is 0 Å². The third-order valence-electron chi connectivity index (χ3n) is 10.1. The second-order valence-electron chi connectivity index (χ2n) is 17.1. The van der Waals surface area contributed by atoms with Crippen LogP contribution in [-0.2, 0) is 32.7 Å². The zero-order valence-electron chi connectivity index (χ0n) is 39.1. The van der Waals surface area contributed by atoms with Crippen molar-refractivity contribution in [2.75, 3.05) is 47.5 Å². The molecule has 0 N–H and O–H groups in total. The molecule has 2 unspecified atom stereocenters. The van der Waals surface area contributed by atoms with E-state index in [-0.39, 0.29) is 26.1 Å². The van der Waals surface area contributed by atoms with Crippen LogP contribution in [0.2, 0.25) is 0 Å². The molecule has 0 aliphatic heterocycles. The van der Waals surface area contributed by atoms with Crippen LogP contribution in [0.1, 0.15) is 194 Å². The minimum absolute atomic E-state index is 0.0317. The molecule has 0 aromatic heterocycles. The molecule has 0 saturated heterocycles. The lowest BCUT2D eigenvalue weighted by molar-refractivity contribution is -0.870. The molecule has 60 heavy (non-hydrogen) atoms. The van der Waals surface area contributed by atoms with E-state index in [0.717, 1.165) is 70.6 Å². The summed E-state index contributed by atoms with van der Waals surface area (Å²) in [7, 11) is 1.16. The molecule has 2 atom stereocenters. The van der Waals surface area contributed by atoms with E-state index in [9.17, 15) is 19.0 Å². The van der Waals surface area contributed by atoms with Crippen molar-refractivity contribution < 1.29 is 42.1 Å². The predicted molar refractivity (Wildman–Crippen MR) is 250 cm³/mol. The Balaban J connectivity index is 4.05. The molecule has 0 aliphatic carbocycles. The normalized spacial score (nSPS) is 14.0. The van der Waals surface area contributed by atoms with Gasteiger partial charge in [-0.2, -0.15) is 0 Å². The molecule has 0 saturated carbocycles. The topological polar surface area (TPSA) is 111 Å². The van der Waals surface area contributed by atoms with Crippen molar-refractivity contribution >= 4 is 19.8 Å². The molecular weight excluding hydrogens is 774 g/mol. The van der Waals surface area contributed by atoms with Crippen LogP contribution in [0.25, 0.3) is 0 Å². The monoisotopic (exact) mass is 864 g/mol. The zero-order valence-corrected chi connectivity index (χ0v) is 40.0. The van der Waals surface area contributed by atoms with Crippen molar-refractivity contribution in [1.82, 2.24) is 0 Å². The lowest BCUT2D eigenvalue weighted by Gasteiger charge is -2.28. The minimum Gasteiger partial charge on any atom is -0.756 e. The average molecular weight is 864 g/mol. The largest absolute Gasteiger partial charge is 0.756 e. The summed E-state index contributed by atoms with van der Waals surface area (Å²) in [5.74, 6) is -0.842. The van der Waals surface area contributed by atoms with Crippen LogP contribution in [-0.4, -0.2) is 70.0 Å². The van der Waals surface area contributed by atoms with E-state index in [0.29, 0.717) is 17.4 Å². The molecule has 0 heterocycles. The van der Waals surface area contributed by atoms with Crippen molar-refractivity contribution in [2.24, 2.45) is 0 Å². The smallest absolute Gasteiger partial charge is 0.306 e. The number of carbonyl (C=O) groups is 2. The van der Waals surface area contributed by atoms with Gasteiger partial charge in [-0.25, -0.2) is 0 Å². The fourth-order valence-corrected chi connectivity index (χ4v) is 7.06. The van der Waals surface area contributed by atoms with Crippen molar-refractivity contribution in [3.8, 4) is 0 Å². The van der Waals surface area contributed by atoms with Gasteiger partial charge in [0.15, 0.2) is 6.10 Å². The highest BCUT2D eigenvalue weighted by Crippen LogP contribution is 2.38. The Kier molecular flexibility index (Phi) is 40.4. The molecule has 9 nitrogen and oxygen atoms in total.